The first-order valence-electron chi connectivity index (χ1n) is 17.2. The van der Waals surface area contributed by atoms with E-state index in [0.717, 1.165) is 64.5 Å². The summed E-state index contributed by atoms with van der Waals surface area (Å²) in [6.07, 6.45) is 39.8. The van der Waals surface area contributed by atoms with Crippen LogP contribution in [0.1, 0.15) is 162 Å². The first kappa shape index (κ1) is 39.5. The van der Waals surface area contributed by atoms with Gasteiger partial charge in [0.1, 0.15) is 6.61 Å². The molecule has 0 spiro atoms. The van der Waals surface area contributed by atoms with E-state index in [9.17, 15) is 9.59 Å². The number of carbonyl (C=O) groups excluding carboxylic acids is 2. The van der Waals surface area contributed by atoms with Gasteiger partial charge in [-0.1, -0.05) is 140 Å². The van der Waals surface area contributed by atoms with E-state index in [0.29, 0.717) is 13.0 Å². The van der Waals surface area contributed by atoms with Crippen molar-refractivity contribution in [3.8, 4) is 0 Å². The summed E-state index contributed by atoms with van der Waals surface area (Å²) in [5.41, 5.74) is 0. The molecule has 0 N–H and O–H groups in total. The monoisotopic (exact) mass is 591 g/mol. The number of amides is 1. The van der Waals surface area contributed by atoms with Crippen molar-refractivity contribution in [1.82, 2.24) is 4.90 Å². The highest BCUT2D eigenvalue weighted by atomic mass is 32.1. The fraction of sp³-hybridized carbons (Fsp3) is 0.778. The van der Waals surface area contributed by atoms with Gasteiger partial charge < -0.3 is 9.64 Å². The van der Waals surface area contributed by atoms with Crippen LogP contribution in [0.4, 0.5) is 4.79 Å². The second-order valence-electron chi connectivity index (χ2n) is 11.4. The molecule has 0 aromatic heterocycles. The summed E-state index contributed by atoms with van der Waals surface area (Å²) in [5, 5.41) is -0.108. The van der Waals surface area contributed by atoms with Crippen LogP contribution >= 0.6 is 12.6 Å². The minimum absolute atomic E-state index is 0.0971. The molecule has 5 heteroatoms. The number of hydrogen-bond donors (Lipinski definition) is 1. The summed E-state index contributed by atoms with van der Waals surface area (Å²) in [5.74, 6) is -0.0971. The second kappa shape index (κ2) is 33.0. The smallest absolute Gasteiger partial charge is 0.306 e. The van der Waals surface area contributed by atoms with Crippen molar-refractivity contribution in [3.63, 3.8) is 0 Å². The highest BCUT2D eigenvalue weighted by molar-refractivity contribution is 7.96. The molecule has 0 unspecified atom stereocenters. The van der Waals surface area contributed by atoms with Gasteiger partial charge >= 0.3 is 5.97 Å². The number of carbonyl (C=O) groups is 2. The maximum Gasteiger partial charge on any atom is 0.306 e. The van der Waals surface area contributed by atoms with E-state index in [2.05, 4.69) is 56.9 Å². The molecule has 0 aliphatic rings. The van der Waals surface area contributed by atoms with Crippen LogP contribution in [0.2, 0.25) is 0 Å². The Bertz CT molecular complexity index is 674. The predicted molar refractivity (Wildman–Crippen MR) is 182 cm³/mol. The number of thiol groups is 1. The van der Waals surface area contributed by atoms with Gasteiger partial charge in [-0.15, -0.1) is 0 Å². The van der Waals surface area contributed by atoms with Crippen LogP contribution in [0.5, 0.6) is 0 Å². The van der Waals surface area contributed by atoms with E-state index in [1.165, 1.54) is 89.9 Å². The van der Waals surface area contributed by atoms with Crippen molar-refractivity contribution in [2.24, 2.45) is 0 Å². The van der Waals surface area contributed by atoms with Gasteiger partial charge in [0.2, 0.25) is 0 Å². The molecule has 0 aliphatic carbocycles. The van der Waals surface area contributed by atoms with Crippen molar-refractivity contribution in [3.05, 3.63) is 36.5 Å². The largest absolute Gasteiger partial charge is 0.461 e. The van der Waals surface area contributed by atoms with E-state index < -0.39 is 0 Å². The minimum Gasteiger partial charge on any atom is -0.461 e. The summed E-state index contributed by atoms with van der Waals surface area (Å²) in [4.78, 5) is 25.6. The van der Waals surface area contributed by atoms with Crippen molar-refractivity contribution in [2.75, 3.05) is 19.7 Å². The molecule has 0 aromatic rings. The van der Waals surface area contributed by atoms with Crippen molar-refractivity contribution < 1.29 is 14.3 Å². The zero-order chi connectivity index (χ0) is 30.1. The Labute approximate surface area is 260 Å². The van der Waals surface area contributed by atoms with Gasteiger partial charge in [-0.05, 0) is 64.2 Å². The zero-order valence-electron chi connectivity index (χ0n) is 27.0. The minimum atomic E-state index is -0.108. The maximum absolute atomic E-state index is 11.9. The van der Waals surface area contributed by atoms with Crippen LogP contribution in [0.15, 0.2) is 36.5 Å². The standard InChI is InChI=1S/C36H65NO3S/c1-3-5-7-9-11-12-13-14-15-16-17-18-19-20-24-28-32-37(36(39)41)33-29-25-22-23-27-31-35(38)40-34-30-26-21-10-8-6-4-2/h12-13,15-16,26,30H,3-11,14,17-25,27-29,31-34H2,1-2H3,(H,39,41)/b13-12-,16-15-,30-26-. The number of unbranched alkanes of at least 4 members (excludes halogenated alkanes) is 17. The van der Waals surface area contributed by atoms with Gasteiger partial charge in [0.15, 0.2) is 0 Å². The third-order valence-corrected chi connectivity index (χ3v) is 7.72. The quantitative estimate of drug-likeness (QED) is 0.0391. The fourth-order valence-corrected chi connectivity index (χ4v) is 4.98. The lowest BCUT2D eigenvalue weighted by atomic mass is 10.1. The van der Waals surface area contributed by atoms with E-state index in [-0.39, 0.29) is 11.2 Å². The van der Waals surface area contributed by atoms with Crippen LogP contribution in [0.3, 0.4) is 0 Å². The topological polar surface area (TPSA) is 46.6 Å². The third kappa shape index (κ3) is 31.3. The normalized spacial score (nSPS) is 11.8. The van der Waals surface area contributed by atoms with E-state index in [1.54, 1.807) is 0 Å². The Morgan fingerprint density at radius 2 is 1.00 bits per heavy atom. The molecule has 4 nitrogen and oxygen atoms in total. The summed E-state index contributed by atoms with van der Waals surface area (Å²) < 4.78 is 5.28. The Morgan fingerprint density at radius 3 is 1.51 bits per heavy atom. The number of esters is 1. The molecule has 0 aromatic carbocycles. The molecule has 41 heavy (non-hydrogen) atoms. The predicted octanol–water partition coefficient (Wildman–Crippen LogP) is 11.6. The molecule has 0 atom stereocenters. The molecule has 1 amide bonds. The average molecular weight is 592 g/mol. The van der Waals surface area contributed by atoms with Gasteiger partial charge in [-0.3, -0.25) is 9.59 Å². The Balaban J connectivity index is 3.60. The molecule has 0 fully saturated rings. The SMILES string of the molecule is CCCCCC/C=C\C/C=C\CCCCCCCN(CCCCCCCC(=O)OC/C=C\CCCCCC)C(=O)S. The van der Waals surface area contributed by atoms with Crippen LogP contribution in [-0.2, 0) is 9.53 Å². The lowest BCUT2D eigenvalue weighted by Gasteiger charge is -2.20. The molecule has 0 saturated carbocycles. The Hall–Kier alpha value is -1.49. The number of nitrogens with zero attached hydrogens (tertiary/aromatic N) is 1. The first-order valence-corrected chi connectivity index (χ1v) is 17.6. The number of hydrogen-bond acceptors (Lipinski definition) is 3. The van der Waals surface area contributed by atoms with E-state index in [4.69, 9.17) is 4.74 Å². The van der Waals surface area contributed by atoms with Crippen molar-refractivity contribution >= 4 is 23.8 Å². The summed E-state index contributed by atoms with van der Waals surface area (Å²) in [6.45, 7) is 6.47. The van der Waals surface area contributed by atoms with E-state index >= 15 is 0 Å². The maximum atomic E-state index is 11.9. The van der Waals surface area contributed by atoms with Crippen LogP contribution < -0.4 is 0 Å². The lowest BCUT2D eigenvalue weighted by Crippen LogP contribution is -2.28. The van der Waals surface area contributed by atoms with Crippen LogP contribution in [0.25, 0.3) is 0 Å². The molecule has 0 aliphatic heterocycles. The third-order valence-electron chi connectivity index (χ3n) is 7.44. The fourth-order valence-electron chi connectivity index (χ4n) is 4.78. The average Bonchev–Trinajstić information content (AvgIpc) is 2.96. The molecule has 0 saturated heterocycles. The zero-order valence-corrected chi connectivity index (χ0v) is 27.9. The van der Waals surface area contributed by atoms with Gasteiger partial charge in [0, 0.05) is 19.5 Å². The van der Waals surface area contributed by atoms with Gasteiger partial charge in [-0.2, -0.15) is 0 Å². The Kier molecular flexibility index (Phi) is 31.8. The van der Waals surface area contributed by atoms with Gasteiger partial charge in [-0.25, -0.2) is 0 Å². The summed E-state index contributed by atoms with van der Waals surface area (Å²) in [6, 6.07) is 0. The molecule has 238 valence electrons. The number of ether oxygens (including phenoxy) is 1. The van der Waals surface area contributed by atoms with Crippen molar-refractivity contribution in [2.45, 2.75) is 162 Å². The summed E-state index contributed by atoms with van der Waals surface area (Å²) in [7, 11) is 0. The molecular formula is C36H65NO3S. The molecule has 0 rings (SSSR count). The van der Waals surface area contributed by atoms with Crippen LogP contribution in [0, 0.1) is 0 Å². The molecular weight excluding hydrogens is 526 g/mol. The highest BCUT2D eigenvalue weighted by Gasteiger charge is 2.08. The lowest BCUT2D eigenvalue weighted by molar-refractivity contribution is -0.142. The van der Waals surface area contributed by atoms with Crippen molar-refractivity contribution in [1.29, 1.82) is 0 Å². The Morgan fingerprint density at radius 1 is 0.561 bits per heavy atom. The first-order chi connectivity index (χ1) is 20.1. The summed E-state index contributed by atoms with van der Waals surface area (Å²) >= 11 is 4.08. The second-order valence-corrected chi connectivity index (χ2v) is 11.8. The van der Waals surface area contributed by atoms with Gasteiger partial charge in [0.05, 0.1) is 0 Å². The molecule has 0 heterocycles. The molecule has 0 bridgehead atoms. The molecule has 0 radical (unpaired) electrons. The number of allylic oxidation sites excluding steroid dienone is 5. The highest BCUT2D eigenvalue weighted by Crippen LogP contribution is 2.11. The van der Waals surface area contributed by atoms with E-state index in [1.807, 2.05) is 11.0 Å². The van der Waals surface area contributed by atoms with Crippen LogP contribution in [-0.4, -0.2) is 35.8 Å². The number of rotatable bonds is 30. The van der Waals surface area contributed by atoms with Gasteiger partial charge in [0.25, 0.3) is 5.24 Å².